The molecular formula is C24H20F3NO3. The first-order chi connectivity index (χ1) is 14.9. The Labute approximate surface area is 177 Å². The summed E-state index contributed by atoms with van der Waals surface area (Å²) in [5, 5.41) is 0.718. The Kier molecular flexibility index (Phi) is 5.27. The van der Waals surface area contributed by atoms with Crippen LogP contribution in [0.4, 0.5) is 13.2 Å². The average Bonchev–Trinajstić information content (AvgIpc) is 3.21. The summed E-state index contributed by atoms with van der Waals surface area (Å²) in [6.45, 7) is 0. The van der Waals surface area contributed by atoms with Crippen molar-refractivity contribution in [3.05, 3.63) is 66.4 Å². The molecule has 4 rings (SSSR count). The average molecular weight is 427 g/mol. The van der Waals surface area contributed by atoms with E-state index in [9.17, 15) is 13.2 Å². The number of ether oxygens (including phenoxy) is 3. The number of hydrogen-bond donors (Lipinski definition) is 1. The number of aromatic nitrogens is 1. The fourth-order valence-electron chi connectivity index (χ4n) is 3.66. The van der Waals surface area contributed by atoms with Crippen LogP contribution in [0, 0.1) is 0 Å². The molecule has 0 saturated carbocycles. The zero-order valence-corrected chi connectivity index (χ0v) is 17.1. The summed E-state index contributed by atoms with van der Waals surface area (Å²) in [6.07, 6.45) is -2.66. The van der Waals surface area contributed by atoms with Crippen LogP contribution in [0.15, 0.2) is 60.8 Å². The molecule has 3 aromatic carbocycles. The number of methoxy groups -OCH3 is 3. The molecule has 1 N–H and O–H groups in total. The molecule has 0 bridgehead atoms. The Bertz CT molecular complexity index is 1220. The molecule has 0 aliphatic rings. The number of nitrogens with one attached hydrogen (secondary N) is 1. The summed E-state index contributed by atoms with van der Waals surface area (Å²) in [5.74, 6) is 1.57. The van der Waals surface area contributed by atoms with Crippen LogP contribution >= 0.6 is 0 Å². The highest BCUT2D eigenvalue weighted by molar-refractivity contribution is 5.96. The second-order valence-corrected chi connectivity index (χ2v) is 6.96. The number of halogens is 3. The van der Waals surface area contributed by atoms with Crippen LogP contribution in [0.2, 0.25) is 0 Å². The van der Waals surface area contributed by atoms with E-state index in [-0.39, 0.29) is 0 Å². The molecule has 0 radical (unpaired) electrons. The normalized spacial score (nSPS) is 11.5. The zero-order chi connectivity index (χ0) is 22.2. The fourth-order valence-corrected chi connectivity index (χ4v) is 3.66. The van der Waals surface area contributed by atoms with Gasteiger partial charge >= 0.3 is 6.18 Å². The number of H-pyrrole nitrogens is 1. The minimum atomic E-state index is -4.38. The second-order valence-electron chi connectivity index (χ2n) is 6.96. The summed E-state index contributed by atoms with van der Waals surface area (Å²) in [6, 6.07) is 15.2. The molecule has 4 nitrogen and oxygen atoms in total. The highest BCUT2D eigenvalue weighted by atomic mass is 19.4. The summed E-state index contributed by atoms with van der Waals surface area (Å²) in [7, 11) is 4.65. The maximum atomic E-state index is 13.0. The van der Waals surface area contributed by atoms with E-state index in [0.717, 1.165) is 39.8 Å². The van der Waals surface area contributed by atoms with Gasteiger partial charge in [-0.2, -0.15) is 13.2 Å². The molecule has 0 aliphatic carbocycles. The molecular weight excluding hydrogens is 407 g/mol. The van der Waals surface area contributed by atoms with Gasteiger partial charge in [-0.05, 0) is 47.0 Å². The van der Waals surface area contributed by atoms with Crippen molar-refractivity contribution in [2.24, 2.45) is 0 Å². The lowest BCUT2D eigenvalue weighted by Gasteiger charge is -2.14. The van der Waals surface area contributed by atoms with Crippen molar-refractivity contribution in [1.82, 2.24) is 4.98 Å². The van der Waals surface area contributed by atoms with E-state index in [4.69, 9.17) is 14.2 Å². The van der Waals surface area contributed by atoms with Crippen LogP contribution in [0.5, 0.6) is 17.2 Å². The lowest BCUT2D eigenvalue weighted by molar-refractivity contribution is -0.137. The topological polar surface area (TPSA) is 43.5 Å². The van der Waals surface area contributed by atoms with Crippen molar-refractivity contribution in [2.45, 2.75) is 6.18 Å². The molecule has 4 aromatic rings. The highest BCUT2D eigenvalue weighted by Gasteiger charge is 2.30. The molecule has 0 atom stereocenters. The van der Waals surface area contributed by atoms with E-state index < -0.39 is 11.7 Å². The quantitative estimate of drug-likeness (QED) is 0.393. The first-order valence-corrected chi connectivity index (χ1v) is 9.45. The largest absolute Gasteiger partial charge is 0.493 e. The van der Waals surface area contributed by atoms with Gasteiger partial charge in [-0.1, -0.05) is 24.3 Å². The van der Waals surface area contributed by atoms with Crippen molar-refractivity contribution >= 4 is 10.9 Å². The van der Waals surface area contributed by atoms with Crippen LogP contribution in [-0.2, 0) is 6.18 Å². The number of hydrogen-bond acceptors (Lipinski definition) is 3. The molecule has 0 spiro atoms. The molecule has 1 heterocycles. The smallest absolute Gasteiger partial charge is 0.416 e. The van der Waals surface area contributed by atoms with Gasteiger partial charge in [0.1, 0.15) is 0 Å². The Morgan fingerprint density at radius 1 is 0.742 bits per heavy atom. The standard InChI is InChI=1S/C24H20F3NO3/c1-29-21-10-16(11-22(30-2)23(21)31-3)14-5-4-6-15(9-14)19-13-28-20-12-17(24(25,26)27)7-8-18(19)20/h4-13,28H,1-3H3. The van der Waals surface area contributed by atoms with Crippen molar-refractivity contribution in [3.8, 4) is 39.5 Å². The zero-order valence-electron chi connectivity index (χ0n) is 17.1. The number of fused-ring (bicyclic) bond motifs is 1. The molecule has 0 amide bonds. The number of alkyl halides is 3. The molecule has 31 heavy (non-hydrogen) atoms. The van der Waals surface area contributed by atoms with Gasteiger partial charge in [0.2, 0.25) is 5.75 Å². The Balaban J connectivity index is 1.80. The van der Waals surface area contributed by atoms with Crippen LogP contribution in [-0.4, -0.2) is 26.3 Å². The van der Waals surface area contributed by atoms with Crippen molar-refractivity contribution in [3.63, 3.8) is 0 Å². The minimum absolute atomic E-state index is 0.433. The number of benzene rings is 3. The molecule has 0 aliphatic heterocycles. The van der Waals surface area contributed by atoms with Gasteiger partial charge in [0.25, 0.3) is 0 Å². The van der Waals surface area contributed by atoms with E-state index in [2.05, 4.69) is 4.98 Å². The second kappa shape index (κ2) is 7.91. The van der Waals surface area contributed by atoms with Gasteiger partial charge in [0.15, 0.2) is 11.5 Å². The minimum Gasteiger partial charge on any atom is -0.493 e. The predicted octanol–water partition coefficient (Wildman–Crippen LogP) is 6.55. The fraction of sp³-hybridized carbons (Fsp3) is 0.167. The molecule has 0 fully saturated rings. The van der Waals surface area contributed by atoms with E-state index in [1.807, 2.05) is 36.4 Å². The van der Waals surface area contributed by atoms with Gasteiger partial charge in [0, 0.05) is 22.7 Å². The van der Waals surface area contributed by atoms with Gasteiger partial charge < -0.3 is 19.2 Å². The van der Waals surface area contributed by atoms with Crippen molar-refractivity contribution in [2.75, 3.05) is 21.3 Å². The maximum Gasteiger partial charge on any atom is 0.416 e. The highest BCUT2D eigenvalue weighted by Crippen LogP contribution is 2.42. The Morgan fingerprint density at radius 2 is 1.42 bits per heavy atom. The van der Waals surface area contributed by atoms with E-state index >= 15 is 0 Å². The maximum absolute atomic E-state index is 13.0. The van der Waals surface area contributed by atoms with Crippen LogP contribution in [0.25, 0.3) is 33.2 Å². The molecule has 1 aromatic heterocycles. The first kappa shape index (κ1) is 20.7. The summed E-state index contributed by atoms with van der Waals surface area (Å²) >= 11 is 0. The van der Waals surface area contributed by atoms with Gasteiger partial charge in [-0.15, -0.1) is 0 Å². The van der Waals surface area contributed by atoms with Gasteiger partial charge in [0.05, 0.1) is 26.9 Å². The Morgan fingerprint density at radius 3 is 2.03 bits per heavy atom. The van der Waals surface area contributed by atoms with Crippen molar-refractivity contribution in [1.29, 1.82) is 0 Å². The lowest BCUT2D eigenvalue weighted by Crippen LogP contribution is -2.04. The van der Waals surface area contributed by atoms with E-state index in [0.29, 0.717) is 22.8 Å². The predicted molar refractivity (Wildman–Crippen MR) is 114 cm³/mol. The summed E-state index contributed by atoms with van der Waals surface area (Å²) in [5.41, 5.74) is 3.20. The first-order valence-electron chi connectivity index (χ1n) is 9.45. The van der Waals surface area contributed by atoms with Crippen molar-refractivity contribution < 1.29 is 27.4 Å². The summed E-state index contributed by atoms with van der Waals surface area (Å²) in [4.78, 5) is 2.95. The number of aromatic amines is 1. The summed E-state index contributed by atoms with van der Waals surface area (Å²) < 4.78 is 55.3. The van der Waals surface area contributed by atoms with E-state index in [1.54, 1.807) is 27.5 Å². The molecule has 7 heteroatoms. The third-order valence-electron chi connectivity index (χ3n) is 5.18. The third-order valence-corrected chi connectivity index (χ3v) is 5.18. The number of rotatable bonds is 5. The van der Waals surface area contributed by atoms with Crippen LogP contribution < -0.4 is 14.2 Å². The van der Waals surface area contributed by atoms with Gasteiger partial charge in [-0.25, -0.2) is 0 Å². The Hall–Kier alpha value is -3.61. The lowest BCUT2D eigenvalue weighted by atomic mass is 9.98. The van der Waals surface area contributed by atoms with Crippen LogP contribution in [0.1, 0.15) is 5.56 Å². The van der Waals surface area contributed by atoms with Crippen LogP contribution in [0.3, 0.4) is 0 Å². The SMILES string of the molecule is COc1cc(-c2cccc(-c3c[nH]c4cc(C(F)(F)F)ccc34)c2)cc(OC)c1OC. The van der Waals surface area contributed by atoms with E-state index in [1.165, 1.54) is 6.07 Å². The molecule has 160 valence electrons. The monoisotopic (exact) mass is 427 g/mol. The van der Waals surface area contributed by atoms with Gasteiger partial charge in [-0.3, -0.25) is 0 Å². The third kappa shape index (κ3) is 3.79. The molecule has 0 saturated heterocycles. The molecule has 0 unspecified atom stereocenters.